The molecule has 17 heavy (non-hydrogen) atoms. The van der Waals surface area contributed by atoms with Crippen molar-refractivity contribution >= 4 is 0 Å². The summed E-state index contributed by atoms with van der Waals surface area (Å²) in [5.74, 6) is 2.88. The van der Waals surface area contributed by atoms with E-state index in [9.17, 15) is 0 Å². The van der Waals surface area contributed by atoms with Gasteiger partial charge in [0.15, 0.2) is 0 Å². The highest BCUT2D eigenvalue weighted by Crippen LogP contribution is 2.33. The average Bonchev–Trinajstić information content (AvgIpc) is 2.55. The lowest BCUT2D eigenvalue weighted by molar-refractivity contribution is 0.248. The number of nitrogens with one attached hydrogen (secondary N) is 1. The Morgan fingerprint density at radius 3 is 2.41 bits per heavy atom. The topological polar surface area (TPSA) is 12.0 Å². The van der Waals surface area contributed by atoms with Gasteiger partial charge in [-0.15, -0.1) is 0 Å². The van der Waals surface area contributed by atoms with Crippen LogP contribution in [-0.2, 0) is 0 Å². The average molecular weight is 239 g/mol. The molecule has 0 amide bonds. The monoisotopic (exact) mass is 239 g/mol. The predicted octanol–water partition coefficient (Wildman–Crippen LogP) is 4.62. The third kappa shape index (κ3) is 5.90. The van der Waals surface area contributed by atoms with Crippen molar-refractivity contribution in [2.45, 2.75) is 72.1 Å². The Labute approximate surface area is 109 Å². The standard InChI is InChI=1S/C16H33N/c1-4-11-17-13-16-10-8-6-7-9-15(16)12-14(3)5-2/h14-17H,4-13H2,1-3H3. The molecule has 1 N–H and O–H groups in total. The molecule has 1 aliphatic carbocycles. The van der Waals surface area contributed by atoms with Crippen LogP contribution in [0.3, 0.4) is 0 Å². The van der Waals surface area contributed by atoms with Gasteiger partial charge in [-0.05, 0) is 50.1 Å². The van der Waals surface area contributed by atoms with Crippen LogP contribution in [0, 0.1) is 17.8 Å². The summed E-state index contributed by atoms with van der Waals surface area (Å²) in [6, 6.07) is 0. The molecule has 1 fully saturated rings. The minimum Gasteiger partial charge on any atom is -0.316 e. The molecule has 0 aliphatic heterocycles. The SMILES string of the molecule is CCCNCC1CCCCCC1CC(C)CC. The van der Waals surface area contributed by atoms with Crippen molar-refractivity contribution < 1.29 is 0 Å². The van der Waals surface area contributed by atoms with Gasteiger partial charge in [0.05, 0.1) is 0 Å². The molecule has 1 rings (SSSR count). The molecule has 0 aromatic heterocycles. The molecule has 0 saturated heterocycles. The molecule has 0 radical (unpaired) electrons. The Balaban J connectivity index is 2.41. The van der Waals surface area contributed by atoms with E-state index in [2.05, 4.69) is 26.1 Å². The van der Waals surface area contributed by atoms with Gasteiger partial charge in [0.1, 0.15) is 0 Å². The normalized spacial score (nSPS) is 27.7. The van der Waals surface area contributed by atoms with Crippen molar-refractivity contribution in [2.24, 2.45) is 17.8 Å². The fraction of sp³-hybridized carbons (Fsp3) is 1.00. The fourth-order valence-electron chi connectivity index (χ4n) is 3.19. The molecule has 0 aromatic carbocycles. The molecule has 1 saturated carbocycles. The molecular weight excluding hydrogens is 206 g/mol. The first-order chi connectivity index (χ1) is 8.27. The lowest BCUT2D eigenvalue weighted by Crippen LogP contribution is -2.29. The fourth-order valence-corrected chi connectivity index (χ4v) is 3.19. The molecule has 0 heterocycles. The van der Waals surface area contributed by atoms with Crippen molar-refractivity contribution in [3.63, 3.8) is 0 Å². The first-order valence-corrected chi connectivity index (χ1v) is 7.98. The quantitative estimate of drug-likeness (QED) is 0.505. The van der Waals surface area contributed by atoms with Gasteiger partial charge in [0, 0.05) is 0 Å². The van der Waals surface area contributed by atoms with Gasteiger partial charge in [0.2, 0.25) is 0 Å². The van der Waals surface area contributed by atoms with Gasteiger partial charge < -0.3 is 5.32 Å². The molecule has 1 heteroatoms. The second-order valence-corrected chi connectivity index (χ2v) is 6.11. The summed E-state index contributed by atoms with van der Waals surface area (Å²) in [7, 11) is 0. The smallest absolute Gasteiger partial charge is 0.00179 e. The van der Waals surface area contributed by atoms with E-state index in [0.717, 1.165) is 17.8 Å². The van der Waals surface area contributed by atoms with Crippen LogP contribution in [0.2, 0.25) is 0 Å². The molecule has 1 aliphatic rings. The van der Waals surface area contributed by atoms with Gasteiger partial charge in [-0.3, -0.25) is 0 Å². The van der Waals surface area contributed by atoms with Crippen LogP contribution >= 0.6 is 0 Å². The van der Waals surface area contributed by atoms with Crippen LogP contribution in [0.5, 0.6) is 0 Å². The van der Waals surface area contributed by atoms with Gasteiger partial charge in [-0.25, -0.2) is 0 Å². The van der Waals surface area contributed by atoms with Gasteiger partial charge >= 0.3 is 0 Å². The Morgan fingerprint density at radius 1 is 1.06 bits per heavy atom. The van der Waals surface area contributed by atoms with Crippen LogP contribution in [0.4, 0.5) is 0 Å². The van der Waals surface area contributed by atoms with Crippen molar-refractivity contribution in [3.05, 3.63) is 0 Å². The predicted molar refractivity (Wildman–Crippen MR) is 77.3 cm³/mol. The highest BCUT2D eigenvalue weighted by Gasteiger charge is 2.24. The minimum absolute atomic E-state index is 0.923. The molecule has 0 aromatic rings. The maximum atomic E-state index is 3.65. The maximum absolute atomic E-state index is 3.65. The Kier molecular flexibility index (Phi) is 7.92. The highest BCUT2D eigenvalue weighted by atomic mass is 14.9. The second kappa shape index (κ2) is 8.97. The van der Waals surface area contributed by atoms with Crippen LogP contribution < -0.4 is 5.32 Å². The molecule has 0 spiro atoms. The molecular formula is C16H33N. The number of hydrogen-bond acceptors (Lipinski definition) is 1. The van der Waals surface area contributed by atoms with Crippen molar-refractivity contribution in [1.29, 1.82) is 0 Å². The zero-order chi connectivity index (χ0) is 12.5. The third-order valence-electron chi connectivity index (χ3n) is 4.55. The number of hydrogen-bond donors (Lipinski definition) is 1. The lowest BCUT2D eigenvalue weighted by Gasteiger charge is -2.27. The summed E-state index contributed by atoms with van der Waals surface area (Å²) < 4.78 is 0. The molecule has 0 bridgehead atoms. The van der Waals surface area contributed by atoms with E-state index in [0.29, 0.717) is 0 Å². The summed E-state index contributed by atoms with van der Waals surface area (Å²) >= 11 is 0. The Hall–Kier alpha value is -0.0400. The Bertz CT molecular complexity index is 178. The van der Waals surface area contributed by atoms with Crippen molar-refractivity contribution in [3.8, 4) is 0 Å². The van der Waals surface area contributed by atoms with Crippen LogP contribution in [0.15, 0.2) is 0 Å². The zero-order valence-corrected chi connectivity index (χ0v) is 12.3. The van der Waals surface area contributed by atoms with Gasteiger partial charge in [-0.1, -0.05) is 52.9 Å². The van der Waals surface area contributed by atoms with E-state index in [-0.39, 0.29) is 0 Å². The van der Waals surface area contributed by atoms with Crippen LogP contribution in [0.25, 0.3) is 0 Å². The van der Waals surface area contributed by atoms with E-state index in [1.807, 2.05) is 0 Å². The van der Waals surface area contributed by atoms with Crippen LogP contribution in [0.1, 0.15) is 72.1 Å². The Morgan fingerprint density at radius 2 is 1.76 bits per heavy atom. The van der Waals surface area contributed by atoms with E-state index in [4.69, 9.17) is 0 Å². The lowest BCUT2D eigenvalue weighted by atomic mass is 9.81. The van der Waals surface area contributed by atoms with Crippen LogP contribution in [-0.4, -0.2) is 13.1 Å². The van der Waals surface area contributed by atoms with Gasteiger partial charge in [-0.2, -0.15) is 0 Å². The summed E-state index contributed by atoms with van der Waals surface area (Å²) in [5.41, 5.74) is 0. The van der Waals surface area contributed by atoms with E-state index in [1.165, 1.54) is 64.5 Å². The van der Waals surface area contributed by atoms with E-state index in [1.54, 1.807) is 0 Å². The van der Waals surface area contributed by atoms with Crippen molar-refractivity contribution in [1.82, 2.24) is 5.32 Å². The molecule has 3 unspecified atom stereocenters. The maximum Gasteiger partial charge on any atom is -0.00179 e. The molecule has 1 nitrogen and oxygen atoms in total. The third-order valence-corrected chi connectivity index (χ3v) is 4.55. The largest absolute Gasteiger partial charge is 0.316 e. The first-order valence-electron chi connectivity index (χ1n) is 7.98. The first kappa shape index (κ1) is 15.0. The van der Waals surface area contributed by atoms with Crippen molar-refractivity contribution in [2.75, 3.05) is 13.1 Å². The number of rotatable bonds is 7. The summed E-state index contributed by atoms with van der Waals surface area (Å²) in [6.07, 6.45) is 11.5. The molecule has 102 valence electrons. The zero-order valence-electron chi connectivity index (χ0n) is 12.3. The molecule has 3 atom stereocenters. The summed E-state index contributed by atoms with van der Waals surface area (Å²) in [6.45, 7) is 9.51. The van der Waals surface area contributed by atoms with E-state index >= 15 is 0 Å². The second-order valence-electron chi connectivity index (χ2n) is 6.11. The minimum atomic E-state index is 0.923. The van der Waals surface area contributed by atoms with E-state index < -0.39 is 0 Å². The van der Waals surface area contributed by atoms with Gasteiger partial charge in [0.25, 0.3) is 0 Å². The summed E-state index contributed by atoms with van der Waals surface area (Å²) in [5, 5.41) is 3.65. The summed E-state index contributed by atoms with van der Waals surface area (Å²) in [4.78, 5) is 0. The highest BCUT2D eigenvalue weighted by molar-refractivity contribution is 4.77.